The maximum Gasteiger partial charge on any atom is 0.229 e. The van der Waals surface area contributed by atoms with Gasteiger partial charge in [0.25, 0.3) is 0 Å². The molecule has 2 aromatic rings. The van der Waals surface area contributed by atoms with E-state index < -0.39 is 0 Å². The molecule has 0 radical (unpaired) electrons. The van der Waals surface area contributed by atoms with Crippen molar-refractivity contribution in [3.63, 3.8) is 0 Å². The Balaban J connectivity index is 1.65. The Morgan fingerprint density at radius 3 is 2.56 bits per heavy atom. The quantitative estimate of drug-likeness (QED) is 0.799. The van der Waals surface area contributed by atoms with E-state index >= 15 is 0 Å². The van der Waals surface area contributed by atoms with Crippen LogP contribution in [-0.4, -0.2) is 33.2 Å². The molecule has 2 aromatic heterocycles. The second-order valence-electron chi connectivity index (χ2n) is 4.49. The van der Waals surface area contributed by atoms with Gasteiger partial charge in [0, 0.05) is 31.4 Å². The highest BCUT2D eigenvalue weighted by atomic mass is 16.5. The maximum absolute atomic E-state index is 5.23. The number of hydrogen-bond donors (Lipinski definition) is 0. The van der Waals surface area contributed by atoms with Crippen LogP contribution >= 0.6 is 0 Å². The van der Waals surface area contributed by atoms with Gasteiger partial charge in [-0.25, -0.2) is 9.97 Å². The highest BCUT2D eigenvalue weighted by Gasteiger charge is 2.25. The van der Waals surface area contributed by atoms with Crippen LogP contribution in [-0.2, 0) is 0 Å². The molecule has 0 unspecified atom stereocenters. The fourth-order valence-electron chi connectivity index (χ4n) is 2.26. The van der Waals surface area contributed by atoms with Crippen molar-refractivity contribution in [1.82, 2.24) is 20.1 Å². The lowest BCUT2D eigenvalue weighted by Crippen LogP contribution is -2.34. The van der Waals surface area contributed by atoms with Crippen molar-refractivity contribution in [1.29, 1.82) is 0 Å². The van der Waals surface area contributed by atoms with Crippen molar-refractivity contribution >= 4 is 5.95 Å². The minimum atomic E-state index is 0.367. The Morgan fingerprint density at radius 2 is 1.94 bits per heavy atom. The largest absolute Gasteiger partial charge is 0.341 e. The summed E-state index contributed by atoms with van der Waals surface area (Å²) in [6, 6.07) is 1.83. The molecule has 0 aromatic carbocycles. The summed E-state index contributed by atoms with van der Waals surface area (Å²) in [5, 5.41) is 3.84. The predicted octanol–water partition coefficient (Wildman–Crippen LogP) is 1.55. The molecule has 0 N–H and O–H groups in total. The van der Waals surface area contributed by atoms with Crippen molar-refractivity contribution in [2.75, 3.05) is 18.0 Å². The van der Waals surface area contributed by atoms with Gasteiger partial charge in [-0.1, -0.05) is 5.16 Å². The van der Waals surface area contributed by atoms with Crippen LogP contribution in [0.3, 0.4) is 0 Å². The second kappa shape index (κ2) is 4.72. The van der Waals surface area contributed by atoms with E-state index in [0.717, 1.165) is 37.8 Å². The van der Waals surface area contributed by atoms with Crippen molar-refractivity contribution in [2.45, 2.75) is 25.7 Å². The summed E-state index contributed by atoms with van der Waals surface area (Å²) < 4.78 is 5.23. The van der Waals surface area contributed by atoms with Crippen molar-refractivity contribution in [3.8, 4) is 0 Å². The first-order valence-corrected chi connectivity index (χ1v) is 6.15. The van der Waals surface area contributed by atoms with E-state index in [1.165, 1.54) is 0 Å². The van der Waals surface area contributed by atoms with Gasteiger partial charge in [0.1, 0.15) is 0 Å². The van der Waals surface area contributed by atoms with E-state index in [0.29, 0.717) is 11.7 Å². The average molecular weight is 245 g/mol. The first kappa shape index (κ1) is 11.1. The number of nitrogens with zero attached hydrogens (tertiary/aromatic N) is 5. The molecule has 1 saturated heterocycles. The van der Waals surface area contributed by atoms with Gasteiger partial charge in [0.15, 0.2) is 5.82 Å². The molecule has 0 aliphatic carbocycles. The zero-order valence-corrected chi connectivity index (χ0v) is 10.3. The Kier molecular flexibility index (Phi) is 2.92. The van der Waals surface area contributed by atoms with Gasteiger partial charge < -0.3 is 9.42 Å². The van der Waals surface area contributed by atoms with Crippen LogP contribution in [0.5, 0.6) is 0 Å². The summed E-state index contributed by atoms with van der Waals surface area (Å²) >= 11 is 0. The Hall–Kier alpha value is -1.98. The first-order chi connectivity index (χ1) is 8.83. The third-order valence-corrected chi connectivity index (χ3v) is 3.22. The number of aromatic nitrogens is 4. The van der Waals surface area contributed by atoms with Crippen LogP contribution < -0.4 is 4.90 Å². The molecule has 1 fully saturated rings. The molecule has 94 valence electrons. The second-order valence-corrected chi connectivity index (χ2v) is 4.49. The van der Waals surface area contributed by atoms with Gasteiger partial charge in [0.2, 0.25) is 11.8 Å². The van der Waals surface area contributed by atoms with Crippen molar-refractivity contribution in [2.24, 2.45) is 0 Å². The third kappa shape index (κ3) is 2.18. The van der Waals surface area contributed by atoms with Gasteiger partial charge in [0.05, 0.1) is 0 Å². The molecule has 6 heteroatoms. The maximum atomic E-state index is 5.23. The smallest absolute Gasteiger partial charge is 0.229 e. The molecule has 18 heavy (non-hydrogen) atoms. The van der Waals surface area contributed by atoms with Gasteiger partial charge in [-0.05, 0) is 25.8 Å². The van der Waals surface area contributed by atoms with Crippen molar-refractivity contribution < 1.29 is 4.52 Å². The molecule has 6 nitrogen and oxygen atoms in total. The fourth-order valence-corrected chi connectivity index (χ4v) is 2.26. The number of anilines is 1. The highest BCUT2D eigenvalue weighted by molar-refractivity contribution is 5.29. The number of aryl methyl sites for hydroxylation is 1. The summed E-state index contributed by atoms with van der Waals surface area (Å²) in [5.41, 5.74) is 0. The predicted molar refractivity (Wildman–Crippen MR) is 65.3 cm³/mol. The minimum Gasteiger partial charge on any atom is -0.341 e. The summed E-state index contributed by atoms with van der Waals surface area (Å²) in [6.45, 7) is 3.70. The van der Waals surface area contributed by atoms with Gasteiger partial charge >= 0.3 is 0 Å². The van der Waals surface area contributed by atoms with Crippen LogP contribution in [0.2, 0.25) is 0 Å². The number of rotatable bonds is 2. The zero-order chi connectivity index (χ0) is 12.4. The summed E-state index contributed by atoms with van der Waals surface area (Å²) in [7, 11) is 0. The van der Waals surface area contributed by atoms with E-state index in [2.05, 4.69) is 25.0 Å². The van der Waals surface area contributed by atoms with E-state index in [4.69, 9.17) is 4.52 Å². The zero-order valence-electron chi connectivity index (χ0n) is 10.3. The molecule has 0 saturated carbocycles. The number of piperidine rings is 1. The summed E-state index contributed by atoms with van der Waals surface area (Å²) in [4.78, 5) is 15.0. The molecule has 0 bridgehead atoms. The van der Waals surface area contributed by atoms with Gasteiger partial charge in [-0.2, -0.15) is 4.98 Å². The normalized spacial score (nSPS) is 17.1. The van der Waals surface area contributed by atoms with Crippen LogP contribution in [0.15, 0.2) is 23.0 Å². The Labute approximate surface area is 105 Å². The monoisotopic (exact) mass is 245 g/mol. The average Bonchev–Trinajstić information content (AvgIpc) is 2.87. The Morgan fingerprint density at radius 1 is 1.22 bits per heavy atom. The van der Waals surface area contributed by atoms with Crippen LogP contribution in [0.4, 0.5) is 5.95 Å². The standard InChI is InChI=1S/C12H15N5O/c1-9-15-11(18-16-9)10-3-7-17(8-4-10)12-13-5-2-6-14-12/h2,5-6,10H,3-4,7-8H2,1H3. The fraction of sp³-hybridized carbons (Fsp3) is 0.500. The van der Waals surface area contributed by atoms with E-state index in [9.17, 15) is 0 Å². The lowest BCUT2D eigenvalue weighted by atomic mass is 9.97. The van der Waals surface area contributed by atoms with Gasteiger partial charge in [-0.15, -0.1) is 0 Å². The molecule has 1 aliphatic rings. The molecule has 0 amide bonds. The SMILES string of the molecule is Cc1noc(C2CCN(c3ncccn3)CC2)n1. The first-order valence-electron chi connectivity index (χ1n) is 6.15. The summed E-state index contributed by atoms with van der Waals surface area (Å²) in [6.07, 6.45) is 5.55. The van der Waals surface area contributed by atoms with E-state index in [1.807, 2.05) is 13.0 Å². The summed E-state index contributed by atoms with van der Waals surface area (Å²) in [5.74, 6) is 2.64. The van der Waals surface area contributed by atoms with Crippen molar-refractivity contribution in [3.05, 3.63) is 30.2 Å². The molecular formula is C12H15N5O. The topological polar surface area (TPSA) is 67.9 Å². The van der Waals surface area contributed by atoms with Crippen LogP contribution in [0.25, 0.3) is 0 Å². The number of hydrogen-bond acceptors (Lipinski definition) is 6. The van der Waals surface area contributed by atoms with Crippen LogP contribution in [0, 0.1) is 6.92 Å². The lowest BCUT2D eigenvalue weighted by molar-refractivity contribution is 0.327. The van der Waals surface area contributed by atoms with E-state index in [-0.39, 0.29) is 0 Å². The molecular weight excluding hydrogens is 230 g/mol. The molecule has 0 atom stereocenters. The molecule has 3 heterocycles. The minimum absolute atomic E-state index is 0.367. The van der Waals surface area contributed by atoms with Gasteiger partial charge in [-0.3, -0.25) is 0 Å². The highest BCUT2D eigenvalue weighted by Crippen LogP contribution is 2.27. The van der Waals surface area contributed by atoms with Crippen LogP contribution in [0.1, 0.15) is 30.5 Å². The lowest BCUT2D eigenvalue weighted by Gasteiger charge is -2.30. The Bertz CT molecular complexity index is 504. The van der Waals surface area contributed by atoms with E-state index in [1.54, 1.807) is 12.4 Å². The molecule has 1 aliphatic heterocycles. The third-order valence-electron chi connectivity index (χ3n) is 3.22. The molecule has 3 rings (SSSR count). The molecule has 0 spiro atoms.